The molecule has 1 aliphatic heterocycles. The molecule has 4 heteroatoms. The van der Waals surface area contributed by atoms with E-state index in [-0.39, 0.29) is 17.7 Å². The molecule has 156 valence electrons. The van der Waals surface area contributed by atoms with E-state index in [1.807, 2.05) is 6.07 Å². The average Bonchev–Trinajstić information content (AvgIpc) is 2.76. The zero-order valence-corrected chi connectivity index (χ0v) is 17.7. The highest BCUT2D eigenvalue weighted by Gasteiger charge is 2.30. The standard InChI is InChI=1S/C26H28FNO2/c1-17-7-6-9-21(18(17)2)23-14-20(30-25-10-5-4-8-22(23)25)16-28-15-19-11-12-24(27)26(13-19)29-3/h4-13,20,23,28H,14-16H2,1-3H3. The molecule has 0 fully saturated rings. The zero-order valence-electron chi connectivity index (χ0n) is 17.7. The van der Waals surface area contributed by atoms with Crippen LogP contribution < -0.4 is 14.8 Å². The quantitative estimate of drug-likeness (QED) is 0.585. The Bertz CT molecular complexity index is 1030. The summed E-state index contributed by atoms with van der Waals surface area (Å²) in [7, 11) is 1.48. The van der Waals surface area contributed by atoms with Crippen molar-refractivity contribution in [1.29, 1.82) is 0 Å². The van der Waals surface area contributed by atoms with Gasteiger partial charge in [-0.25, -0.2) is 4.39 Å². The Morgan fingerprint density at radius 3 is 2.67 bits per heavy atom. The minimum atomic E-state index is -0.343. The van der Waals surface area contributed by atoms with E-state index in [0.717, 1.165) is 24.3 Å². The van der Waals surface area contributed by atoms with Gasteiger partial charge in [-0.1, -0.05) is 42.5 Å². The van der Waals surface area contributed by atoms with Crippen molar-refractivity contribution < 1.29 is 13.9 Å². The predicted molar refractivity (Wildman–Crippen MR) is 118 cm³/mol. The smallest absolute Gasteiger partial charge is 0.165 e. The van der Waals surface area contributed by atoms with Crippen LogP contribution in [-0.4, -0.2) is 19.8 Å². The number of aryl methyl sites for hydroxylation is 1. The van der Waals surface area contributed by atoms with Crippen LogP contribution in [0.5, 0.6) is 11.5 Å². The van der Waals surface area contributed by atoms with Gasteiger partial charge in [0.1, 0.15) is 11.9 Å². The summed E-state index contributed by atoms with van der Waals surface area (Å²) in [6, 6.07) is 19.9. The summed E-state index contributed by atoms with van der Waals surface area (Å²) in [6.45, 7) is 5.72. The van der Waals surface area contributed by atoms with Gasteiger partial charge in [0.2, 0.25) is 0 Å². The van der Waals surface area contributed by atoms with Gasteiger partial charge in [0, 0.05) is 24.6 Å². The molecular weight excluding hydrogens is 377 g/mol. The number of hydrogen-bond donors (Lipinski definition) is 1. The first-order chi connectivity index (χ1) is 14.6. The van der Waals surface area contributed by atoms with Crippen molar-refractivity contribution in [2.24, 2.45) is 0 Å². The molecule has 0 amide bonds. The monoisotopic (exact) mass is 405 g/mol. The highest BCUT2D eigenvalue weighted by Crippen LogP contribution is 2.41. The number of fused-ring (bicyclic) bond motifs is 1. The molecule has 0 saturated heterocycles. The number of methoxy groups -OCH3 is 1. The first kappa shape index (κ1) is 20.4. The second-order valence-electron chi connectivity index (χ2n) is 7.95. The fourth-order valence-electron chi connectivity index (χ4n) is 4.26. The van der Waals surface area contributed by atoms with Crippen molar-refractivity contribution in [3.63, 3.8) is 0 Å². The Morgan fingerprint density at radius 2 is 1.83 bits per heavy atom. The molecule has 0 spiro atoms. The van der Waals surface area contributed by atoms with Gasteiger partial charge in [0.05, 0.1) is 7.11 Å². The fourth-order valence-corrected chi connectivity index (χ4v) is 4.26. The molecule has 30 heavy (non-hydrogen) atoms. The van der Waals surface area contributed by atoms with Crippen molar-refractivity contribution in [2.75, 3.05) is 13.7 Å². The Labute approximate surface area is 177 Å². The summed E-state index contributed by atoms with van der Waals surface area (Å²) in [6.07, 6.45) is 0.980. The number of ether oxygens (including phenoxy) is 2. The van der Waals surface area contributed by atoms with Gasteiger partial charge in [-0.05, 0) is 60.7 Å². The number of nitrogens with one attached hydrogen (secondary N) is 1. The van der Waals surface area contributed by atoms with Gasteiger partial charge in [-0.3, -0.25) is 0 Å². The maximum atomic E-state index is 13.6. The number of rotatable bonds is 6. The van der Waals surface area contributed by atoms with Crippen LogP contribution in [0.3, 0.4) is 0 Å². The average molecular weight is 406 g/mol. The van der Waals surface area contributed by atoms with Gasteiger partial charge in [-0.2, -0.15) is 0 Å². The van der Waals surface area contributed by atoms with Crippen molar-refractivity contribution in [1.82, 2.24) is 5.32 Å². The molecule has 2 atom stereocenters. The molecule has 1 aliphatic rings. The maximum absolute atomic E-state index is 13.6. The van der Waals surface area contributed by atoms with E-state index in [2.05, 4.69) is 55.6 Å². The molecule has 2 unspecified atom stereocenters. The number of halogens is 1. The third kappa shape index (κ3) is 4.19. The van der Waals surface area contributed by atoms with E-state index in [0.29, 0.717) is 12.5 Å². The van der Waals surface area contributed by atoms with Crippen molar-refractivity contribution >= 4 is 0 Å². The summed E-state index contributed by atoms with van der Waals surface area (Å²) < 4.78 is 25.0. The topological polar surface area (TPSA) is 30.5 Å². The van der Waals surface area contributed by atoms with Crippen molar-refractivity contribution in [3.05, 3.63) is 94.3 Å². The number of benzene rings is 3. The molecular formula is C26H28FNO2. The minimum Gasteiger partial charge on any atom is -0.494 e. The van der Waals surface area contributed by atoms with Crippen LogP contribution in [0.15, 0.2) is 60.7 Å². The molecule has 0 aromatic heterocycles. The molecule has 0 bridgehead atoms. The molecule has 1 N–H and O–H groups in total. The predicted octanol–water partition coefficient (Wildman–Crippen LogP) is 5.52. The lowest BCUT2D eigenvalue weighted by Crippen LogP contribution is -2.35. The molecule has 3 nitrogen and oxygen atoms in total. The Balaban J connectivity index is 1.50. The van der Waals surface area contributed by atoms with Crippen molar-refractivity contribution in [2.45, 2.75) is 38.8 Å². The molecule has 0 saturated carbocycles. The molecule has 4 rings (SSSR count). The van der Waals surface area contributed by atoms with E-state index in [1.54, 1.807) is 12.1 Å². The lowest BCUT2D eigenvalue weighted by molar-refractivity contribution is 0.161. The summed E-state index contributed by atoms with van der Waals surface area (Å²) in [5, 5.41) is 3.47. The van der Waals surface area contributed by atoms with Crippen LogP contribution in [-0.2, 0) is 6.54 Å². The van der Waals surface area contributed by atoms with Gasteiger partial charge in [0.15, 0.2) is 11.6 Å². The van der Waals surface area contributed by atoms with Crippen LogP contribution >= 0.6 is 0 Å². The van der Waals surface area contributed by atoms with Crippen LogP contribution in [0.1, 0.15) is 40.2 Å². The second-order valence-corrected chi connectivity index (χ2v) is 7.95. The molecule has 0 radical (unpaired) electrons. The molecule has 1 heterocycles. The number of hydrogen-bond acceptors (Lipinski definition) is 3. The third-order valence-corrected chi connectivity index (χ3v) is 6.03. The van der Waals surface area contributed by atoms with Gasteiger partial charge < -0.3 is 14.8 Å². The summed E-state index contributed by atoms with van der Waals surface area (Å²) in [5.74, 6) is 1.20. The summed E-state index contributed by atoms with van der Waals surface area (Å²) in [4.78, 5) is 0. The van der Waals surface area contributed by atoms with E-state index in [9.17, 15) is 4.39 Å². The molecule has 3 aromatic carbocycles. The van der Waals surface area contributed by atoms with Gasteiger partial charge in [0.25, 0.3) is 0 Å². The lowest BCUT2D eigenvalue weighted by atomic mass is 9.81. The zero-order chi connectivity index (χ0) is 21.1. The van der Waals surface area contributed by atoms with E-state index in [4.69, 9.17) is 9.47 Å². The SMILES string of the molecule is COc1cc(CNCC2CC(c3cccc(C)c3C)c3ccccc3O2)ccc1F. The first-order valence-corrected chi connectivity index (χ1v) is 10.4. The third-order valence-electron chi connectivity index (χ3n) is 6.03. The van der Waals surface area contributed by atoms with E-state index >= 15 is 0 Å². The second kappa shape index (κ2) is 8.88. The highest BCUT2D eigenvalue weighted by atomic mass is 19.1. The Morgan fingerprint density at radius 1 is 1.03 bits per heavy atom. The molecule has 3 aromatic rings. The largest absolute Gasteiger partial charge is 0.494 e. The van der Waals surface area contributed by atoms with Gasteiger partial charge in [-0.15, -0.1) is 0 Å². The molecule has 0 aliphatic carbocycles. The van der Waals surface area contributed by atoms with Crippen molar-refractivity contribution in [3.8, 4) is 11.5 Å². The highest BCUT2D eigenvalue weighted by molar-refractivity contribution is 5.47. The fraction of sp³-hybridized carbons (Fsp3) is 0.308. The first-order valence-electron chi connectivity index (χ1n) is 10.4. The van der Waals surface area contributed by atoms with E-state index < -0.39 is 0 Å². The Kier molecular flexibility index (Phi) is 6.05. The minimum absolute atomic E-state index is 0.0622. The van der Waals surface area contributed by atoms with Crippen LogP contribution in [0, 0.1) is 19.7 Å². The lowest BCUT2D eigenvalue weighted by Gasteiger charge is -2.33. The summed E-state index contributed by atoms with van der Waals surface area (Å²) in [5.41, 5.74) is 6.28. The van der Waals surface area contributed by atoms with Gasteiger partial charge >= 0.3 is 0 Å². The number of para-hydroxylation sites is 1. The maximum Gasteiger partial charge on any atom is 0.165 e. The Hall–Kier alpha value is -2.85. The summed E-state index contributed by atoms with van der Waals surface area (Å²) >= 11 is 0. The van der Waals surface area contributed by atoms with Crippen LogP contribution in [0.25, 0.3) is 0 Å². The van der Waals surface area contributed by atoms with Crippen LogP contribution in [0.2, 0.25) is 0 Å². The normalized spacial score (nSPS) is 17.9. The van der Waals surface area contributed by atoms with Crippen LogP contribution in [0.4, 0.5) is 4.39 Å². The van der Waals surface area contributed by atoms with E-state index in [1.165, 1.54) is 35.4 Å².